The second kappa shape index (κ2) is 2.57. The van der Waals surface area contributed by atoms with Crippen molar-refractivity contribution in [3.05, 3.63) is 21.3 Å². The topological polar surface area (TPSA) is 41.6 Å². The Morgan fingerprint density at radius 2 is 2.18 bits per heavy atom. The summed E-state index contributed by atoms with van der Waals surface area (Å²) >= 11 is 6.67. The van der Waals surface area contributed by atoms with Gasteiger partial charge in [-0.2, -0.15) is 5.10 Å². The van der Waals surface area contributed by atoms with E-state index in [0.29, 0.717) is 0 Å². The molecule has 2 aromatic heterocycles. The third kappa shape index (κ3) is 1.18. The van der Waals surface area contributed by atoms with Crippen molar-refractivity contribution in [2.75, 3.05) is 0 Å². The Labute approximate surface area is 79.5 Å². The molecular weight excluding hydrogens is 274 g/mol. The Morgan fingerprint density at radius 1 is 1.36 bits per heavy atom. The van der Waals surface area contributed by atoms with Crippen LogP contribution in [-0.2, 0) is 0 Å². The van der Waals surface area contributed by atoms with Gasteiger partial charge in [-0.3, -0.25) is 5.10 Å². The fourth-order valence-electron chi connectivity index (χ4n) is 0.864. The zero-order chi connectivity index (χ0) is 7.84. The van der Waals surface area contributed by atoms with Crippen LogP contribution in [0.3, 0.4) is 0 Å². The Hall–Kier alpha value is -0.420. The second-order valence-electron chi connectivity index (χ2n) is 2.06. The molecule has 3 nitrogen and oxygen atoms in total. The van der Waals surface area contributed by atoms with Crippen molar-refractivity contribution in [2.45, 2.75) is 0 Å². The normalized spacial score (nSPS) is 10.7. The van der Waals surface area contributed by atoms with E-state index in [4.69, 9.17) is 0 Å². The van der Waals surface area contributed by atoms with E-state index in [1.807, 2.05) is 6.07 Å². The molecular formula is C6H3Br2N3. The van der Waals surface area contributed by atoms with Crippen LogP contribution in [0.5, 0.6) is 0 Å². The maximum absolute atomic E-state index is 4.19. The molecule has 2 heterocycles. The molecule has 0 aliphatic carbocycles. The van der Waals surface area contributed by atoms with E-state index in [9.17, 15) is 0 Å². The first-order valence-corrected chi connectivity index (χ1v) is 4.51. The number of rotatable bonds is 0. The van der Waals surface area contributed by atoms with Crippen LogP contribution in [0.25, 0.3) is 11.0 Å². The summed E-state index contributed by atoms with van der Waals surface area (Å²) in [5.74, 6) is 0. The first-order valence-electron chi connectivity index (χ1n) is 2.92. The SMILES string of the molecule is Brc1cc(Br)c2[nH]ncc2n1. The van der Waals surface area contributed by atoms with Gasteiger partial charge in [-0.05, 0) is 37.9 Å². The molecule has 0 spiro atoms. The Morgan fingerprint density at radius 3 is 3.00 bits per heavy atom. The molecule has 0 atom stereocenters. The van der Waals surface area contributed by atoms with Gasteiger partial charge in [0.05, 0.1) is 11.7 Å². The van der Waals surface area contributed by atoms with Crippen molar-refractivity contribution in [1.29, 1.82) is 0 Å². The highest BCUT2D eigenvalue weighted by atomic mass is 79.9. The van der Waals surface area contributed by atoms with Crippen LogP contribution < -0.4 is 0 Å². The van der Waals surface area contributed by atoms with Gasteiger partial charge < -0.3 is 0 Å². The molecule has 0 aliphatic rings. The maximum atomic E-state index is 4.19. The van der Waals surface area contributed by atoms with Gasteiger partial charge in [0.25, 0.3) is 0 Å². The fourth-order valence-corrected chi connectivity index (χ4v) is 2.10. The van der Waals surface area contributed by atoms with Crippen LogP contribution in [-0.4, -0.2) is 15.2 Å². The van der Waals surface area contributed by atoms with E-state index in [2.05, 4.69) is 47.0 Å². The third-order valence-electron chi connectivity index (χ3n) is 1.33. The summed E-state index contributed by atoms with van der Waals surface area (Å²) in [7, 11) is 0. The van der Waals surface area contributed by atoms with E-state index >= 15 is 0 Å². The quantitative estimate of drug-likeness (QED) is 0.751. The maximum Gasteiger partial charge on any atom is 0.110 e. The summed E-state index contributed by atoms with van der Waals surface area (Å²) in [6, 6.07) is 1.88. The highest BCUT2D eigenvalue weighted by molar-refractivity contribution is 9.11. The molecule has 56 valence electrons. The molecule has 11 heavy (non-hydrogen) atoms. The van der Waals surface area contributed by atoms with Crippen molar-refractivity contribution in [3.63, 3.8) is 0 Å². The van der Waals surface area contributed by atoms with Gasteiger partial charge in [0, 0.05) is 4.47 Å². The predicted molar refractivity (Wildman–Crippen MR) is 49.3 cm³/mol. The fraction of sp³-hybridized carbons (Fsp3) is 0. The summed E-state index contributed by atoms with van der Waals surface area (Å²) in [6.45, 7) is 0. The number of aromatic nitrogens is 3. The molecule has 0 radical (unpaired) electrons. The summed E-state index contributed by atoms with van der Waals surface area (Å²) in [6.07, 6.45) is 1.69. The largest absolute Gasteiger partial charge is 0.275 e. The zero-order valence-corrected chi connectivity index (χ0v) is 8.48. The number of nitrogens with zero attached hydrogens (tertiary/aromatic N) is 2. The molecule has 0 aliphatic heterocycles. The number of nitrogens with one attached hydrogen (secondary N) is 1. The zero-order valence-electron chi connectivity index (χ0n) is 5.31. The minimum atomic E-state index is 0.804. The molecule has 0 amide bonds. The Kier molecular flexibility index (Phi) is 1.69. The van der Waals surface area contributed by atoms with E-state index in [-0.39, 0.29) is 0 Å². The molecule has 0 unspecified atom stereocenters. The average molecular weight is 277 g/mol. The first-order chi connectivity index (χ1) is 5.27. The lowest BCUT2D eigenvalue weighted by molar-refractivity contribution is 1.12. The Balaban J connectivity index is 2.91. The monoisotopic (exact) mass is 275 g/mol. The molecule has 2 rings (SSSR count). The molecule has 0 aromatic carbocycles. The number of pyridine rings is 1. The van der Waals surface area contributed by atoms with Gasteiger partial charge in [-0.25, -0.2) is 4.98 Å². The van der Waals surface area contributed by atoms with Gasteiger partial charge in [0.2, 0.25) is 0 Å². The number of hydrogen-bond donors (Lipinski definition) is 1. The van der Waals surface area contributed by atoms with Crippen LogP contribution >= 0.6 is 31.9 Å². The smallest absolute Gasteiger partial charge is 0.110 e. The highest BCUT2D eigenvalue weighted by Crippen LogP contribution is 2.23. The van der Waals surface area contributed by atoms with Gasteiger partial charge in [-0.1, -0.05) is 0 Å². The average Bonchev–Trinajstić information content (AvgIpc) is 2.34. The van der Waals surface area contributed by atoms with Gasteiger partial charge in [0.15, 0.2) is 0 Å². The molecule has 2 aromatic rings. The number of halogens is 2. The predicted octanol–water partition coefficient (Wildman–Crippen LogP) is 2.48. The number of H-pyrrole nitrogens is 1. The first kappa shape index (κ1) is 7.24. The van der Waals surface area contributed by atoms with Gasteiger partial charge in [0.1, 0.15) is 10.1 Å². The summed E-state index contributed by atoms with van der Waals surface area (Å²) in [4.78, 5) is 4.19. The molecule has 0 bridgehead atoms. The van der Waals surface area contributed by atoms with Crippen LogP contribution in [0.4, 0.5) is 0 Å². The van der Waals surface area contributed by atoms with E-state index in [1.165, 1.54) is 0 Å². The molecule has 0 fully saturated rings. The van der Waals surface area contributed by atoms with Crippen LogP contribution in [0.2, 0.25) is 0 Å². The van der Waals surface area contributed by atoms with Crippen LogP contribution in [0.1, 0.15) is 0 Å². The summed E-state index contributed by atoms with van der Waals surface area (Å²) < 4.78 is 1.77. The minimum absolute atomic E-state index is 0.804. The highest BCUT2D eigenvalue weighted by Gasteiger charge is 2.02. The standard InChI is InChI=1S/C6H3Br2N3/c7-3-1-5(8)10-4-2-9-11-6(3)4/h1-2H,(H,9,11). The van der Waals surface area contributed by atoms with Gasteiger partial charge in [-0.15, -0.1) is 0 Å². The molecule has 5 heteroatoms. The van der Waals surface area contributed by atoms with E-state index in [0.717, 1.165) is 20.1 Å². The minimum Gasteiger partial charge on any atom is -0.275 e. The van der Waals surface area contributed by atoms with Crippen molar-refractivity contribution in [1.82, 2.24) is 15.2 Å². The van der Waals surface area contributed by atoms with Crippen LogP contribution in [0, 0.1) is 0 Å². The van der Waals surface area contributed by atoms with E-state index < -0.39 is 0 Å². The number of aromatic amines is 1. The van der Waals surface area contributed by atoms with Crippen molar-refractivity contribution >= 4 is 42.9 Å². The van der Waals surface area contributed by atoms with E-state index in [1.54, 1.807) is 6.20 Å². The summed E-state index contributed by atoms with van der Waals surface area (Å²) in [5, 5.41) is 6.70. The lowest BCUT2D eigenvalue weighted by Gasteiger charge is -1.92. The van der Waals surface area contributed by atoms with Crippen LogP contribution in [0.15, 0.2) is 21.3 Å². The number of fused-ring (bicyclic) bond motifs is 1. The molecule has 0 saturated heterocycles. The lowest BCUT2D eigenvalue weighted by atomic mass is 10.4. The third-order valence-corrected chi connectivity index (χ3v) is 2.36. The van der Waals surface area contributed by atoms with Crippen molar-refractivity contribution in [2.24, 2.45) is 0 Å². The molecule has 0 saturated carbocycles. The second-order valence-corrected chi connectivity index (χ2v) is 3.72. The van der Waals surface area contributed by atoms with Crippen molar-refractivity contribution < 1.29 is 0 Å². The number of hydrogen-bond acceptors (Lipinski definition) is 2. The van der Waals surface area contributed by atoms with Crippen molar-refractivity contribution in [3.8, 4) is 0 Å². The van der Waals surface area contributed by atoms with Gasteiger partial charge >= 0.3 is 0 Å². The lowest BCUT2D eigenvalue weighted by Crippen LogP contribution is -1.77. The summed E-state index contributed by atoms with van der Waals surface area (Å²) in [5.41, 5.74) is 1.78. The Bertz CT molecular complexity index is 396. The molecule has 1 N–H and O–H groups in total.